The molecule has 176 valence electrons. The number of carboxylic acid groups (broad SMARTS) is 1. The smallest absolute Gasteiger partial charge is 0.490 e. The maximum atomic E-state index is 11.2. The molecule has 1 saturated carbocycles. The number of alkyl halides is 3. The fraction of sp³-hybridized carbons (Fsp3) is 0.455. The van der Waals surface area contributed by atoms with Crippen LogP contribution in [0.5, 0.6) is 5.75 Å². The molecule has 1 aromatic heterocycles. The fourth-order valence-corrected chi connectivity index (χ4v) is 4.16. The second-order valence-electron chi connectivity index (χ2n) is 7.42. The Morgan fingerprint density at radius 2 is 1.84 bits per heavy atom. The lowest BCUT2D eigenvalue weighted by Gasteiger charge is -2.21. The average Bonchev–Trinajstić information content (AvgIpc) is 3.25. The van der Waals surface area contributed by atoms with E-state index < -0.39 is 12.1 Å². The van der Waals surface area contributed by atoms with Gasteiger partial charge in [0.15, 0.2) is 0 Å². The number of nitrogens with one attached hydrogen (secondary N) is 1. The number of hydrogen-bond donors (Lipinski definition) is 3. The second kappa shape index (κ2) is 12.4. The molecule has 1 aliphatic rings. The molecule has 0 radical (unpaired) electrons. The van der Waals surface area contributed by atoms with E-state index >= 15 is 0 Å². The number of benzene rings is 1. The van der Waals surface area contributed by atoms with E-state index in [2.05, 4.69) is 5.32 Å². The summed E-state index contributed by atoms with van der Waals surface area (Å²) in [5, 5.41) is 10.6. The molecule has 1 fully saturated rings. The van der Waals surface area contributed by atoms with Crippen molar-refractivity contribution < 1.29 is 32.6 Å². The summed E-state index contributed by atoms with van der Waals surface area (Å²) >= 11 is 1.41. The summed E-state index contributed by atoms with van der Waals surface area (Å²) in [5.74, 6) is -1.44. The van der Waals surface area contributed by atoms with Crippen LogP contribution in [0.3, 0.4) is 0 Å². The van der Waals surface area contributed by atoms with E-state index in [0.29, 0.717) is 11.5 Å². The van der Waals surface area contributed by atoms with Crippen molar-refractivity contribution in [3.8, 4) is 16.2 Å². The number of carbonyl (C=O) groups excluding carboxylic acids is 1. The molecular formula is C22H27F3N2O4S. The van der Waals surface area contributed by atoms with Gasteiger partial charge in [0.05, 0.1) is 4.88 Å². The van der Waals surface area contributed by atoms with Crippen LogP contribution < -0.4 is 15.8 Å². The zero-order chi connectivity index (χ0) is 23.6. The van der Waals surface area contributed by atoms with Crippen molar-refractivity contribution in [3.63, 3.8) is 0 Å². The second-order valence-corrected chi connectivity index (χ2v) is 8.50. The Balaban J connectivity index is 0.000000451. The first-order valence-electron chi connectivity index (χ1n) is 10.3. The van der Waals surface area contributed by atoms with Crippen LogP contribution in [-0.4, -0.2) is 42.9 Å². The third-order valence-electron chi connectivity index (χ3n) is 4.92. The van der Waals surface area contributed by atoms with Crippen molar-refractivity contribution in [1.82, 2.24) is 5.32 Å². The van der Waals surface area contributed by atoms with Crippen LogP contribution in [0, 0.1) is 5.92 Å². The van der Waals surface area contributed by atoms with E-state index in [9.17, 15) is 18.0 Å². The normalized spacial score (nSPS) is 14.3. The quantitative estimate of drug-likeness (QED) is 0.484. The van der Waals surface area contributed by atoms with Crippen LogP contribution in [-0.2, 0) is 4.79 Å². The Morgan fingerprint density at radius 3 is 2.44 bits per heavy atom. The topological polar surface area (TPSA) is 102 Å². The van der Waals surface area contributed by atoms with E-state index in [4.69, 9.17) is 20.4 Å². The van der Waals surface area contributed by atoms with E-state index in [0.717, 1.165) is 35.2 Å². The lowest BCUT2D eigenvalue weighted by molar-refractivity contribution is -0.192. The predicted molar refractivity (Wildman–Crippen MR) is 117 cm³/mol. The van der Waals surface area contributed by atoms with Gasteiger partial charge in [0.25, 0.3) is 5.91 Å². The summed E-state index contributed by atoms with van der Waals surface area (Å²) < 4.78 is 37.6. The molecule has 0 spiro atoms. The lowest BCUT2D eigenvalue weighted by Crippen LogP contribution is -2.28. The van der Waals surface area contributed by atoms with Crippen molar-refractivity contribution >= 4 is 23.2 Å². The van der Waals surface area contributed by atoms with Crippen molar-refractivity contribution in [1.29, 1.82) is 0 Å². The molecule has 32 heavy (non-hydrogen) atoms. The summed E-state index contributed by atoms with van der Waals surface area (Å²) in [6.07, 6.45) is 1.82. The number of aliphatic carboxylic acids is 1. The molecule has 6 nitrogen and oxygen atoms in total. The first-order valence-corrected chi connectivity index (χ1v) is 11.1. The van der Waals surface area contributed by atoms with Crippen molar-refractivity contribution in [3.05, 3.63) is 41.3 Å². The van der Waals surface area contributed by atoms with Crippen LogP contribution in [0.4, 0.5) is 13.2 Å². The maximum absolute atomic E-state index is 11.2. The number of thiophene rings is 1. The van der Waals surface area contributed by atoms with Gasteiger partial charge in [-0.1, -0.05) is 31.4 Å². The molecule has 10 heteroatoms. The Bertz CT molecular complexity index is 880. The standard InChI is InChI=1S/C20H26N2O2S.C2HF3O2/c21-20(23)19-10-9-18(25-19)16-7-4-8-17(13-16)24-12-11-22-14-15-5-2-1-3-6-15;3-2(4,5)1(6)7/h4,7-10,13,15,22H,1-3,5-6,11-12,14H2,(H2,21,23);(H,6,7). The van der Waals surface area contributed by atoms with Gasteiger partial charge >= 0.3 is 12.1 Å². The van der Waals surface area contributed by atoms with E-state index in [1.807, 2.05) is 30.3 Å². The molecule has 0 saturated heterocycles. The van der Waals surface area contributed by atoms with Gasteiger partial charge in [-0.2, -0.15) is 13.2 Å². The highest BCUT2D eigenvalue weighted by molar-refractivity contribution is 7.17. The van der Waals surface area contributed by atoms with Gasteiger partial charge in [0.2, 0.25) is 0 Å². The van der Waals surface area contributed by atoms with E-state index in [1.54, 1.807) is 6.07 Å². The molecule has 0 unspecified atom stereocenters. The van der Waals surface area contributed by atoms with Gasteiger partial charge in [0, 0.05) is 11.4 Å². The molecule has 3 rings (SSSR count). The minimum Gasteiger partial charge on any atom is -0.492 e. The van der Waals surface area contributed by atoms with Gasteiger partial charge in [0.1, 0.15) is 12.4 Å². The summed E-state index contributed by atoms with van der Waals surface area (Å²) in [6, 6.07) is 11.7. The van der Waals surface area contributed by atoms with Crippen LogP contribution in [0.1, 0.15) is 41.8 Å². The number of amides is 1. The SMILES string of the molecule is NC(=O)c1ccc(-c2cccc(OCCNCC3CCCCC3)c2)s1.O=C(O)C(F)(F)F. The molecule has 1 aromatic carbocycles. The van der Waals surface area contributed by atoms with Crippen molar-refractivity contribution in [2.45, 2.75) is 38.3 Å². The van der Waals surface area contributed by atoms with Gasteiger partial charge in [-0.05, 0) is 55.1 Å². The summed E-state index contributed by atoms with van der Waals surface area (Å²) in [6.45, 7) is 2.63. The number of rotatable bonds is 8. The monoisotopic (exact) mass is 472 g/mol. The summed E-state index contributed by atoms with van der Waals surface area (Å²) in [4.78, 5) is 21.7. The Kier molecular flexibility index (Phi) is 9.98. The highest BCUT2D eigenvalue weighted by Crippen LogP contribution is 2.30. The Morgan fingerprint density at radius 1 is 1.16 bits per heavy atom. The largest absolute Gasteiger partial charge is 0.492 e. The number of nitrogens with two attached hydrogens (primary N) is 1. The number of ether oxygens (including phenoxy) is 1. The molecular weight excluding hydrogens is 445 g/mol. The molecule has 4 N–H and O–H groups in total. The van der Waals surface area contributed by atoms with Gasteiger partial charge in [-0.15, -0.1) is 11.3 Å². The van der Waals surface area contributed by atoms with Crippen LogP contribution in [0.25, 0.3) is 10.4 Å². The third kappa shape index (κ3) is 8.88. The Labute approximate surface area is 188 Å². The van der Waals surface area contributed by atoms with Crippen LogP contribution in [0.15, 0.2) is 36.4 Å². The molecule has 0 bridgehead atoms. The molecule has 2 aromatic rings. The van der Waals surface area contributed by atoms with Gasteiger partial charge < -0.3 is 20.9 Å². The van der Waals surface area contributed by atoms with Crippen molar-refractivity contribution in [2.24, 2.45) is 11.7 Å². The van der Waals surface area contributed by atoms with Gasteiger partial charge in [-0.25, -0.2) is 4.79 Å². The maximum Gasteiger partial charge on any atom is 0.490 e. The molecule has 0 aliphatic heterocycles. The molecule has 1 aliphatic carbocycles. The minimum absolute atomic E-state index is 0.382. The third-order valence-corrected chi connectivity index (χ3v) is 6.06. The molecule has 1 heterocycles. The lowest BCUT2D eigenvalue weighted by atomic mass is 9.89. The van der Waals surface area contributed by atoms with E-state index in [1.165, 1.54) is 43.4 Å². The first kappa shape index (κ1) is 25.7. The zero-order valence-electron chi connectivity index (χ0n) is 17.5. The fourth-order valence-electron chi connectivity index (χ4n) is 3.30. The zero-order valence-corrected chi connectivity index (χ0v) is 18.3. The predicted octanol–water partition coefficient (Wildman–Crippen LogP) is 4.70. The number of primary amides is 1. The highest BCUT2D eigenvalue weighted by Gasteiger charge is 2.38. The number of hydrogen-bond acceptors (Lipinski definition) is 5. The van der Waals surface area contributed by atoms with Gasteiger partial charge in [-0.3, -0.25) is 4.79 Å². The first-order chi connectivity index (χ1) is 15.2. The van der Waals surface area contributed by atoms with Crippen molar-refractivity contribution in [2.75, 3.05) is 19.7 Å². The minimum atomic E-state index is -5.08. The summed E-state index contributed by atoms with van der Waals surface area (Å²) in [5.41, 5.74) is 6.37. The number of carbonyl (C=O) groups is 2. The highest BCUT2D eigenvalue weighted by atomic mass is 32.1. The molecule has 1 amide bonds. The van der Waals surface area contributed by atoms with Crippen LogP contribution in [0.2, 0.25) is 0 Å². The average molecular weight is 473 g/mol. The number of halogens is 3. The molecule has 0 atom stereocenters. The Hall–Kier alpha value is -2.59. The number of carboxylic acids is 1. The van der Waals surface area contributed by atoms with Crippen LogP contribution >= 0.6 is 11.3 Å². The summed E-state index contributed by atoms with van der Waals surface area (Å²) in [7, 11) is 0. The van der Waals surface area contributed by atoms with E-state index in [-0.39, 0.29) is 5.91 Å².